The highest BCUT2D eigenvalue weighted by Gasteiger charge is 2.27. The molecule has 6 heteroatoms. The quantitative estimate of drug-likeness (QED) is 0.503. The second kappa shape index (κ2) is 3.49. The largest absolute Gasteiger partial charge is 0.492 e. The molecular weight excluding hydrogens is 185 g/mol. The molecule has 0 radical (unpaired) electrons. The Hall–Kier alpha value is -1.24. The molecular formula is C8H10BNO4. The molecule has 1 aliphatic rings. The van der Waals surface area contributed by atoms with Crippen molar-refractivity contribution in [3.8, 4) is 11.5 Å². The highest BCUT2D eigenvalue weighted by molar-refractivity contribution is 6.60. The van der Waals surface area contributed by atoms with Crippen LogP contribution in [0.1, 0.15) is 5.56 Å². The minimum Gasteiger partial charge on any atom is -0.454 e. The molecule has 0 spiro atoms. The van der Waals surface area contributed by atoms with Gasteiger partial charge in [0.05, 0.1) is 0 Å². The summed E-state index contributed by atoms with van der Waals surface area (Å²) in [6, 6.07) is 3.40. The number of rotatable bonds is 2. The summed E-state index contributed by atoms with van der Waals surface area (Å²) < 4.78 is 10.2. The molecule has 4 N–H and O–H groups in total. The van der Waals surface area contributed by atoms with Gasteiger partial charge in [0.2, 0.25) is 6.79 Å². The van der Waals surface area contributed by atoms with Crippen LogP contribution in [0.3, 0.4) is 0 Å². The monoisotopic (exact) mass is 195 g/mol. The third kappa shape index (κ3) is 1.33. The van der Waals surface area contributed by atoms with Crippen LogP contribution in [-0.2, 0) is 6.54 Å². The van der Waals surface area contributed by atoms with Crippen LogP contribution in [0.5, 0.6) is 11.5 Å². The molecule has 0 atom stereocenters. The van der Waals surface area contributed by atoms with Crippen LogP contribution >= 0.6 is 0 Å². The maximum absolute atomic E-state index is 9.16. The minimum atomic E-state index is -1.59. The second-order valence-electron chi connectivity index (χ2n) is 2.95. The number of nitrogens with two attached hydrogens (primary N) is 1. The molecule has 0 unspecified atom stereocenters. The molecule has 1 heterocycles. The van der Waals surface area contributed by atoms with Crippen LogP contribution in [0.25, 0.3) is 0 Å². The molecule has 5 nitrogen and oxygen atoms in total. The highest BCUT2D eigenvalue weighted by Crippen LogP contribution is 2.30. The summed E-state index contributed by atoms with van der Waals surface area (Å²) in [7, 11) is -1.59. The number of ether oxygens (including phenoxy) is 2. The van der Waals surface area contributed by atoms with E-state index in [2.05, 4.69) is 0 Å². The van der Waals surface area contributed by atoms with Gasteiger partial charge in [-0.2, -0.15) is 0 Å². The Labute approximate surface area is 81.2 Å². The van der Waals surface area contributed by atoms with Gasteiger partial charge in [-0.05, 0) is 11.6 Å². The van der Waals surface area contributed by atoms with Gasteiger partial charge in [0.15, 0.2) is 11.5 Å². The van der Waals surface area contributed by atoms with Gasteiger partial charge in [-0.15, -0.1) is 0 Å². The summed E-state index contributed by atoms with van der Waals surface area (Å²) in [6.45, 7) is 0.326. The predicted molar refractivity (Wildman–Crippen MR) is 50.3 cm³/mol. The fourth-order valence-corrected chi connectivity index (χ4v) is 1.50. The molecule has 2 rings (SSSR count). The van der Waals surface area contributed by atoms with Gasteiger partial charge < -0.3 is 25.3 Å². The third-order valence-electron chi connectivity index (χ3n) is 2.15. The molecule has 0 fully saturated rings. The van der Waals surface area contributed by atoms with Crippen molar-refractivity contribution in [1.29, 1.82) is 0 Å². The lowest BCUT2D eigenvalue weighted by atomic mass is 9.76. The number of hydrogen-bond donors (Lipinski definition) is 3. The van der Waals surface area contributed by atoms with E-state index in [1.807, 2.05) is 0 Å². The Bertz CT molecular complexity index is 355. The molecule has 74 valence electrons. The van der Waals surface area contributed by atoms with Crippen molar-refractivity contribution in [2.75, 3.05) is 6.79 Å². The van der Waals surface area contributed by atoms with Crippen molar-refractivity contribution in [3.63, 3.8) is 0 Å². The van der Waals surface area contributed by atoms with Crippen LogP contribution in [0.2, 0.25) is 0 Å². The molecule has 1 aromatic rings. The topological polar surface area (TPSA) is 84.9 Å². The fraction of sp³-hybridized carbons (Fsp3) is 0.250. The summed E-state index contributed by atoms with van der Waals surface area (Å²) in [4.78, 5) is 0. The van der Waals surface area contributed by atoms with Crippen molar-refractivity contribution in [1.82, 2.24) is 0 Å². The van der Waals surface area contributed by atoms with E-state index < -0.39 is 7.12 Å². The first-order chi connectivity index (χ1) is 6.74. The van der Waals surface area contributed by atoms with Crippen LogP contribution in [0.4, 0.5) is 0 Å². The average molecular weight is 195 g/mol. The van der Waals surface area contributed by atoms with E-state index in [0.29, 0.717) is 22.5 Å². The van der Waals surface area contributed by atoms with Crippen LogP contribution in [0.15, 0.2) is 12.1 Å². The number of benzene rings is 1. The Morgan fingerprint density at radius 3 is 2.79 bits per heavy atom. The summed E-state index contributed by atoms with van der Waals surface area (Å²) in [5.74, 6) is 0.897. The Morgan fingerprint density at radius 1 is 1.36 bits per heavy atom. The van der Waals surface area contributed by atoms with Crippen LogP contribution in [0, 0.1) is 0 Å². The molecule has 1 aromatic carbocycles. The van der Waals surface area contributed by atoms with E-state index >= 15 is 0 Å². The zero-order valence-electron chi connectivity index (χ0n) is 7.43. The lowest BCUT2D eigenvalue weighted by Crippen LogP contribution is -2.34. The fourth-order valence-electron chi connectivity index (χ4n) is 1.50. The van der Waals surface area contributed by atoms with Gasteiger partial charge >= 0.3 is 7.12 Å². The van der Waals surface area contributed by atoms with Crippen molar-refractivity contribution in [2.45, 2.75) is 6.54 Å². The third-order valence-corrected chi connectivity index (χ3v) is 2.15. The van der Waals surface area contributed by atoms with Crippen molar-refractivity contribution >= 4 is 12.6 Å². The summed E-state index contributed by atoms with van der Waals surface area (Å²) in [5, 5.41) is 18.3. The van der Waals surface area contributed by atoms with Gasteiger partial charge in [0.1, 0.15) is 0 Å². The number of hydrogen-bond acceptors (Lipinski definition) is 5. The standard InChI is InChI=1S/C8H10BNO4/c10-3-5-1-2-6-8(14-4-13-6)7(5)9(11)12/h1-2,11-12H,3-4,10H2. The molecule has 0 bridgehead atoms. The van der Waals surface area contributed by atoms with Gasteiger partial charge in [-0.3, -0.25) is 0 Å². The first kappa shape index (κ1) is 9.33. The van der Waals surface area contributed by atoms with Crippen LogP contribution in [-0.4, -0.2) is 24.0 Å². The average Bonchev–Trinajstić information content (AvgIpc) is 2.62. The normalized spacial score (nSPS) is 13.1. The maximum atomic E-state index is 9.16. The van der Waals surface area contributed by atoms with Crippen LogP contribution < -0.4 is 20.7 Å². The lowest BCUT2D eigenvalue weighted by molar-refractivity contribution is 0.174. The molecule has 0 amide bonds. The lowest BCUT2D eigenvalue weighted by Gasteiger charge is -2.09. The SMILES string of the molecule is NCc1ccc2c(c1B(O)O)OCO2. The van der Waals surface area contributed by atoms with E-state index in [1.54, 1.807) is 12.1 Å². The van der Waals surface area contributed by atoms with E-state index in [-0.39, 0.29) is 13.3 Å². The summed E-state index contributed by atoms with van der Waals surface area (Å²) >= 11 is 0. The first-order valence-corrected chi connectivity index (χ1v) is 4.21. The molecule has 14 heavy (non-hydrogen) atoms. The van der Waals surface area contributed by atoms with Crippen molar-refractivity contribution in [2.24, 2.45) is 5.73 Å². The molecule has 0 aliphatic carbocycles. The summed E-state index contributed by atoms with van der Waals surface area (Å²) in [6.07, 6.45) is 0. The van der Waals surface area contributed by atoms with E-state index in [1.165, 1.54) is 0 Å². The van der Waals surface area contributed by atoms with Gasteiger partial charge in [-0.1, -0.05) is 6.07 Å². The Balaban J connectivity index is 2.56. The minimum absolute atomic E-state index is 0.100. The van der Waals surface area contributed by atoms with Crippen molar-refractivity contribution in [3.05, 3.63) is 17.7 Å². The predicted octanol–water partition coefficient (Wildman–Crippen LogP) is -1.45. The molecule has 0 saturated heterocycles. The smallest absolute Gasteiger partial charge is 0.454 e. The maximum Gasteiger partial charge on any atom is 0.492 e. The first-order valence-electron chi connectivity index (χ1n) is 4.21. The van der Waals surface area contributed by atoms with Gasteiger partial charge in [0, 0.05) is 12.0 Å². The van der Waals surface area contributed by atoms with Crippen molar-refractivity contribution < 1.29 is 19.5 Å². The zero-order valence-corrected chi connectivity index (χ0v) is 7.43. The molecule has 1 aliphatic heterocycles. The Kier molecular flexibility index (Phi) is 2.32. The molecule has 0 aromatic heterocycles. The van der Waals surface area contributed by atoms with E-state index in [4.69, 9.17) is 25.3 Å². The molecule has 0 saturated carbocycles. The second-order valence-corrected chi connectivity index (χ2v) is 2.95. The van der Waals surface area contributed by atoms with E-state index in [0.717, 1.165) is 0 Å². The number of fused-ring (bicyclic) bond motifs is 1. The zero-order chi connectivity index (χ0) is 10.1. The van der Waals surface area contributed by atoms with Gasteiger partial charge in [0.25, 0.3) is 0 Å². The highest BCUT2D eigenvalue weighted by atomic mass is 16.7. The Morgan fingerprint density at radius 2 is 2.14 bits per heavy atom. The van der Waals surface area contributed by atoms with E-state index in [9.17, 15) is 0 Å². The van der Waals surface area contributed by atoms with Gasteiger partial charge in [-0.25, -0.2) is 0 Å². The summed E-state index contributed by atoms with van der Waals surface area (Å²) in [5.41, 5.74) is 6.40.